The van der Waals surface area contributed by atoms with Crippen molar-refractivity contribution in [2.75, 3.05) is 25.6 Å². The number of nitriles is 1. The number of allylic oxidation sites excluding steroid dienone is 1. The Balaban J connectivity index is 1.62. The van der Waals surface area contributed by atoms with Crippen LogP contribution in [0.5, 0.6) is 17.2 Å². The Kier molecular flexibility index (Phi) is 8.47. The molecule has 0 bridgehead atoms. The van der Waals surface area contributed by atoms with Crippen LogP contribution in [-0.4, -0.2) is 31.4 Å². The van der Waals surface area contributed by atoms with Crippen LogP contribution >= 0.6 is 0 Å². The number of aromatic nitrogens is 1. The number of hydrogen-bond acceptors (Lipinski definition) is 7. The number of nitrogens with one attached hydrogen (secondary N) is 1. The number of rotatable bonds is 11. The van der Waals surface area contributed by atoms with E-state index in [9.17, 15) is 10.1 Å². The van der Waals surface area contributed by atoms with Crippen molar-refractivity contribution in [1.82, 2.24) is 5.16 Å². The monoisotopic (exact) mass is 459 g/mol. The lowest BCUT2D eigenvalue weighted by Gasteiger charge is -2.13. The molecule has 8 nitrogen and oxygen atoms in total. The number of para-hydroxylation sites is 1. The van der Waals surface area contributed by atoms with Crippen LogP contribution in [-0.2, 0) is 11.2 Å². The van der Waals surface area contributed by atoms with Gasteiger partial charge >= 0.3 is 0 Å². The van der Waals surface area contributed by atoms with E-state index in [1.54, 1.807) is 31.2 Å². The maximum absolute atomic E-state index is 12.4. The van der Waals surface area contributed by atoms with E-state index >= 15 is 0 Å². The van der Waals surface area contributed by atoms with E-state index in [0.717, 1.165) is 17.7 Å². The third kappa shape index (κ3) is 6.50. The number of anilines is 1. The lowest BCUT2D eigenvalue weighted by atomic mass is 10.1. The lowest BCUT2D eigenvalue weighted by molar-refractivity contribution is -0.112. The third-order valence-electron chi connectivity index (χ3n) is 4.67. The summed E-state index contributed by atoms with van der Waals surface area (Å²) in [6.45, 7) is 6.12. The molecule has 1 amide bonds. The predicted molar refractivity (Wildman–Crippen MR) is 128 cm³/mol. The van der Waals surface area contributed by atoms with Gasteiger partial charge in [-0.2, -0.15) is 5.26 Å². The molecule has 1 heterocycles. The van der Waals surface area contributed by atoms with Crippen LogP contribution in [0, 0.1) is 18.3 Å². The normalized spacial score (nSPS) is 10.8. The maximum atomic E-state index is 12.4. The van der Waals surface area contributed by atoms with Gasteiger partial charge < -0.3 is 24.1 Å². The number of carbonyl (C=O) groups excluding carboxylic acids is 1. The largest absolute Gasteiger partial charge is 0.493 e. The number of ether oxygens (including phenoxy) is 3. The second kappa shape index (κ2) is 11.9. The molecule has 1 aromatic heterocycles. The summed E-state index contributed by atoms with van der Waals surface area (Å²) >= 11 is 0. The van der Waals surface area contributed by atoms with Gasteiger partial charge in [0.25, 0.3) is 5.91 Å². The first kappa shape index (κ1) is 24.1. The molecule has 0 saturated heterocycles. The van der Waals surface area contributed by atoms with Crippen LogP contribution in [0.2, 0.25) is 0 Å². The van der Waals surface area contributed by atoms with Crippen molar-refractivity contribution < 1.29 is 23.5 Å². The first-order chi connectivity index (χ1) is 16.5. The average molecular weight is 460 g/mol. The van der Waals surface area contributed by atoms with E-state index in [1.807, 2.05) is 36.4 Å². The van der Waals surface area contributed by atoms with Crippen molar-refractivity contribution in [1.29, 1.82) is 5.26 Å². The fourth-order valence-electron chi connectivity index (χ4n) is 3.09. The molecular weight excluding hydrogens is 434 g/mol. The van der Waals surface area contributed by atoms with Crippen molar-refractivity contribution in [3.63, 3.8) is 0 Å². The number of benzene rings is 2. The third-order valence-corrected chi connectivity index (χ3v) is 4.67. The molecule has 0 aliphatic carbocycles. The summed E-state index contributed by atoms with van der Waals surface area (Å²) in [4.78, 5) is 12.4. The Hall–Kier alpha value is -4.51. The summed E-state index contributed by atoms with van der Waals surface area (Å²) in [5, 5.41) is 15.6. The van der Waals surface area contributed by atoms with Gasteiger partial charge in [0.05, 0.1) is 7.11 Å². The van der Waals surface area contributed by atoms with Gasteiger partial charge in [0.1, 0.15) is 36.4 Å². The Morgan fingerprint density at radius 1 is 1.15 bits per heavy atom. The second-order valence-electron chi connectivity index (χ2n) is 7.15. The fourth-order valence-corrected chi connectivity index (χ4v) is 3.09. The fraction of sp³-hybridized carbons (Fsp3) is 0.192. The SMILES string of the molecule is C=CCc1ccccc1OCCOc1ccc(C=C(C#N)C(=O)Nc2cc(C)on2)cc1OC. The Labute approximate surface area is 198 Å². The van der Waals surface area contributed by atoms with Gasteiger partial charge in [-0.3, -0.25) is 4.79 Å². The zero-order valence-electron chi connectivity index (χ0n) is 19.0. The number of methoxy groups -OCH3 is 1. The van der Waals surface area contributed by atoms with Gasteiger partial charge in [-0.25, -0.2) is 0 Å². The molecule has 0 aliphatic heterocycles. The Morgan fingerprint density at radius 2 is 1.91 bits per heavy atom. The standard InChI is InChI=1S/C26H25N3O5/c1-4-7-20-8-5-6-9-22(20)32-12-13-33-23-11-10-19(16-24(23)31-3)15-21(17-27)26(30)28-25-14-18(2)34-29-25/h4-6,8-11,14-16H,1,7,12-13H2,2-3H3,(H,28,29,30). The van der Waals surface area contributed by atoms with Crippen LogP contribution in [0.25, 0.3) is 6.08 Å². The van der Waals surface area contributed by atoms with E-state index in [0.29, 0.717) is 36.0 Å². The van der Waals surface area contributed by atoms with Crippen LogP contribution < -0.4 is 19.5 Å². The average Bonchev–Trinajstić information content (AvgIpc) is 3.26. The number of nitrogens with zero attached hydrogens (tertiary/aromatic N) is 2. The number of aryl methyl sites for hydroxylation is 1. The van der Waals surface area contributed by atoms with Crippen LogP contribution in [0.3, 0.4) is 0 Å². The summed E-state index contributed by atoms with van der Waals surface area (Å²) in [5.74, 6) is 1.96. The van der Waals surface area contributed by atoms with Gasteiger partial charge in [-0.15, -0.1) is 6.58 Å². The number of amides is 1. The van der Waals surface area contributed by atoms with Crippen molar-refractivity contribution in [2.24, 2.45) is 0 Å². The zero-order chi connectivity index (χ0) is 24.3. The smallest absolute Gasteiger partial charge is 0.267 e. The summed E-state index contributed by atoms with van der Waals surface area (Å²) in [7, 11) is 1.52. The van der Waals surface area contributed by atoms with Gasteiger partial charge in [0, 0.05) is 6.07 Å². The van der Waals surface area contributed by atoms with Crippen LogP contribution in [0.4, 0.5) is 5.82 Å². The maximum Gasteiger partial charge on any atom is 0.267 e. The van der Waals surface area contributed by atoms with E-state index in [2.05, 4.69) is 17.1 Å². The number of hydrogen-bond donors (Lipinski definition) is 1. The minimum atomic E-state index is -0.594. The minimum Gasteiger partial charge on any atom is -0.493 e. The molecule has 0 spiro atoms. The molecule has 3 rings (SSSR count). The summed E-state index contributed by atoms with van der Waals surface area (Å²) < 4.78 is 22.0. The van der Waals surface area contributed by atoms with Crippen LogP contribution in [0.1, 0.15) is 16.9 Å². The van der Waals surface area contributed by atoms with Gasteiger partial charge in [0.2, 0.25) is 0 Å². The molecule has 0 aliphatic rings. The Bertz CT molecular complexity index is 1220. The van der Waals surface area contributed by atoms with Crippen molar-refractivity contribution >= 4 is 17.8 Å². The predicted octanol–water partition coefficient (Wildman–Crippen LogP) is 4.72. The Morgan fingerprint density at radius 3 is 2.59 bits per heavy atom. The molecule has 3 aromatic rings. The minimum absolute atomic E-state index is 0.0945. The van der Waals surface area contributed by atoms with Crippen LogP contribution in [0.15, 0.2) is 71.3 Å². The highest BCUT2D eigenvalue weighted by molar-refractivity contribution is 6.09. The summed E-state index contributed by atoms with van der Waals surface area (Å²) in [5.41, 5.74) is 1.56. The highest BCUT2D eigenvalue weighted by Gasteiger charge is 2.13. The highest BCUT2D eigenvalue weighted by atomic mass is 16.5. The van der Waals surface area contributed by atoms with Gasteiger partial charge in [-0.05, 0) is 48.7 Å². The molecule has 1 N–H and O–H groups in total. The molecular formula is C26H25N3O5. The topological polar surface area (TPSA) is 107 Å². The molecule has 2 aromatic carbocycles. The molecule has 0 unspecified atom stereocenters. The summed E-state index contributed by atoms with van der Waals surface area (Å²) in [6.07, 6.45) is 4.01. The lowest BCUT2D eigenvalue weighted by Crippen LogP contribution is -2.13. The number of carbonyl (C=O) groups is 1. The van der Waals surface area contributed by atoms with E-state index in [1.165, 1.54) is 13.2 Å². The molecule has 0 saturated carbocycles. The molecule has 0 fully saturated rings. The second-order valence-corrected chi connectivity index (χ2v) is 7.15. The summed E-state index contributed by atoms with van der Waals surface area (Å²) in [6, 6.07) is 16.4. The van der Waals surface area contributed by atoms with E-state index in [-0.39, 0.29) is 11.4 Å². The van der Waals surface area contributed by atoms with Crippen molar-refractivity contribution in [3.8, 4) is 23.3 Å². The van der Waals surface area contributed by atoms with Crippen molar-refractivity contribution in [2.45, 2.75) is 13.3 Å². The molecule has 174 valence electrons. The highest BCUT2D eigenvalue weighted by Crippen LogP contribution is 2.29. The molecule has 0 radical (unpaired) electrons. The molecule has 8 heteroatoms. The van der Waals surface area contributed by atoms with Gasteiger partial charge in [-0.1, -0.05) is 35.5 Å². The first-order valence-electron chi connectivity index (χ1n) is 10.5. The van der Waals surface area contributed by atoms with E-state index in [4.69, 9.17) is 18.7 Å². The first-order valence-corrected chi connectivity index (χ1v) is 10.5. The quantitative estimate of drug-likeness (QED) is 0.191. The van der Waals surface area contributed by atoms with Crippen molar-refractivity contribution in [3.05, 3.63) is 83.6 Å². The molecule has 34 heavy (non-hydrogen) atoms. The zero-order valence-corrected chi connectivity index (χ0v) is 19.0. The molecule has 0 atom stereocenters. The van der Waals surface area contributed by atoms with E-state index < -0.39 is 5.91 Å². The van der Waals surface area contributed by atoms with Gasteiger partial charge in [0.15, 0.2) is 17.3 Å².